The van der Waals surface area contributed by atoms with Crippen LogP contribution in [-0.2, 0) is 4.08 Å². The second-order valence-electron chi connectivity index (χ2n) is 6.64. The predicted molar refractivity (Wildman–Crippen MR) is 88.4 cm³/mol. The summed E-state index contributed by atoms with van der Waals surface area (Å²) < 4.78 is -0.192. The minimum Gasteiger partial charge on any atom is -0.246 e. The largest absolute Gasteiger partial charge is 0.246 e. The first-order valence-corrected chi connectivity index (χ1v) is 8.55. The second kappa shape index (κ2) is 4.29. The van der Waals surface area contributed by atoms with Crippen molar-refractivity contribution in [1.82, 2.24) is 0 Å². The fourth-order valence-electron chi connectivity index (χ4n) is 2.54. The van der Waals surface area contributed by atoms with Gasteiger partial charge in [0, 0.05) is 16.7 Å². The summed E-state index contributed by atoms with van der Waals surface area (Å²) in [6.45, 7) is 8.65. The van der Waals surface area contributed by atoms with Crippen molar-refractivity contribution in [2.75, 3.05) is 5.75 Å². The maximum atomic E-state index is 9.66. The van der Waals surface area contributed by atoms with Gasteiger partial charge < -0.3 is 0 Å². The molecule has 1 fully saturated rings. The normalized spacial score (nSPS) is 32.0. The summed E-state index contributed by atoms with van der Waals surface area (Å²) in [6, 6.07) is 10.8. The molecular weight excluding hydrogens is 284 g/mol. The van der Waals surface area contributed by atoms with Gasteiger partial charge in [-0.3, -0.25) is 0 Å². The van der Waals surface area contributed by atoms with E-state index in [-0.39, 0.29) is 14.9 Å². The van der Waals surface area contributed by atoms with Gasteiger partial charge in [0.25, 0.3) is 0 Å². The summed E-state index contributed by atoms with van der Waals surface area (Å²) in [5.74, 6) is 0.891. The van der Waals surface area contributed by atoms with Gasteiger partial charge in [0.15, 0.2) is 0 Å². The molecule has 2 heterocycles. The molecule has 0 radical (unpaired) electrons. The lowest BCUT2D eigenvalue weighted by molar-refractivity contribution is 0.420. The third-order valence-electron chi connectivity index (χ3n) is 3.90. The quantitative estimate of drug-likeness (QED) is 0.681. The van der Waals surface area contributed by atoms with Crippen LogP contribution in [0.25, 0.3) is 0 Å². The zero-order valence-corrected chi connectivity index (χ0v) is 13.9. The zero-order valence-electron chi connectivity index (χ0n) is 12.2. The Labute approximate surface area is 129 Å². The predicted octanol–water partition coefficient (Wildman–Crippen LogP) is 4.94. The first-order chi connectivity index (χ1) is 9.32. The van der Waals surface area contributed by atoms with Crippen LogP contribution in [0.2, 0.25) is 0 Å². The van der Waals surface area contributed by atoms with Gasteiger partial charge in [0.1, 0.15) is 4.08 Å². The van der Waals surface area contributed by atoms with Crippen LogP contribution in [0.1, 0.15) is 33.3 Å². The molecule has 3 rings (SSSR count). The Hall–Kier alpha value is -0.920. The molecule has 2 atom stereocenters. The molecule has 0 bridgehead atoms. The molecule has 2 aliphatic heterocycles. The van der Waals surface area contributed by atoms with E-state index in [9.17, 15) is 5.26 Å². The third kappa shape index (κ3) is 1.76. The fraction of sp³-hybridized carbons (Fsp3) is 0.500. The first-order valence-electron chi connectivity index (χ1n) is 6.75. The minimum absolute atomic E-state index is 0.0116. The van der Waals surface area contributed by atoms with E-state index in [0.717, 1.165) is 16.5 Å². The first kappa shape index (κ1) is 14.0. The SMILES string of the molecule is CC(C)(C)C1=Nc2ccccc2[C@]2(SC[C@@]2(C)C#N)S1. The highest BCUT2D eigenvalue weighted by Crippen LogP contribution is 2.71. The minimum atomic E-state index is -0.328. The standard InChI is InChI=1S/C16H18N2S2/c1-14(2,3)13-18-12-8-6-5-7-11(12)16(20-13)15(4,9-17)10-19-16/h5-8H,10H2,1-4H3/t15-,16+/m1/s1. The Balaban J connectivity index is 2.20. The van der Waals surface area contributed by atoms with Crippen LogP contribution in [0.5, 0.6) is 0 Å². The Morgan fingerprint density at radius 2 is 2.00 bits per heavy atom. The molecule has 1 aromatic carbocycles. The van der Waals surface area contributed by atoms with E-state index in [1.54, 1.807) is 11.8 Å². The lowest BCUT2D eigenvalue weighted by Crippen LogP contribution is -2.51. The van der Waals surface area contributed by atoms with Gasteiger partial charge >= 0.3 is 0 Å². The Bertz CT molecular complexity index is 639. The summed E-state index contributed by atoms with van der Waals surface area (Å²) >= 11 is 3.67. The van der Waals surface area contributed by atoms with Gasteiger partial charge in [0.05, 0.1) is 22.2 Å². The molecule has 0 N–H and O–H groups in total. The number of fused-ring (bicyclic) bond motifs is 2. The van der Waals surface area contributed by atoms with Crippen LogP contribution in [0.15, 0.2) is 29.3 Å². The van der Waals surface area contributed by atoms with E-state index in [1.165, 1.54) is 5.56 Å². The lowest BCUT2D eigenvalue weighted by Gasteiger charge is -2.55. The molecule has 2 aliphatic rings. The number of para-hydroxylation sites is 1. The summed E-state index contributed by atoms with van der Waals surface area (Å²) in [5, 5.41) is 10.8. The number of aliphatic imine (C=N–C) groups is 1. The number of nitriles is 1. The molecule has 20 heavy (non-hydrogen) atoms. The molecule has 0 aromatic heterocycles. The molecule has 104 valence electrons. The Kier molecular flexibility index (Phi) is 3.01. The van der Waals surface area contributed by atoms with Crippen LogP contribution in [0.3, 0.4) is 0 Å². The molecule has 4 heteroatoms. The smallest absolute Gasteiger partial charge is 0.113 e. The highest BCUT2D eigenvalue weighted by Gasteiger charge is 2.62. The van der Waals surface area contributed by atoms with Crippen LogP contribution >= 0.6 is 23.5 Å². The van der Waals surface area contributed by atoms with E-state index in [1.807, 2.05) is 17.8 Å². The summed E-state index contributed by atoms with van der Waals surface area (Å²) in [6.07, 6.45) is 0. The molecule has 1 saturated heterocycles. The van der Waals surface area contributed by atoms with Crippen molar-refractivity contribution in [3.8, 4) is 6.07 Å². The zero-order chi connectivity index (χ0) is 14.6. The van der Waals surface area contributed by atoms with E-state index in [2.05, 4.69) is 52.0 Å². The van der Waals surface area contributed by atoms with E-state index >= 15 is 0 Å². The number of benzene rings is 1. The molecule has 1 spiro atoms. The van der Waals surface area contributed by atoms with Crippen molar-refractivity contribution < 1.29 is 0 Å². The van der Waals surface area contributed by atoms with Crippen LogP contribution in [0.4, 0.5) is 5.69 Å². The summed E-state index contributed by atoms with van der Waals surface area (Å²) in [7, 11) is 0. The number of hydrogen-bond acceptors (Lipinski definition) is 4. The van der Waals surface area contributed by atoms with Crippen molar-refractivity contribution in [3.63, 3.8) is 0 Å². The summed E-state index contributed by atoms with van der Waals surface area (Å²) in [4.78, 5) is 4.85. The van der Waals surface area contributed by atoms with Crippen molar-refractivity contribution >= 4 is 34.3 Å². The number of rotatable bonds is 0. The molecule has 0 unspecified atom stereocenters. The average Bonchev–Trinajstić information content (AvgIpc) is 2.42. The third-order valence-corrected chi connectivity index (χ3v) is 8.16. The molecular formula is C16H18N2S2. The van der Waals surface area contributed by atoms with E-state index in [0.29, 0.717) is 0 Å². The molecule has 0 aliphatic carbocycles. The Morgan fingerprint density at radius 1 is 1.30 bits per heavy atom. The summed E-state index contributed by atoms with van der Waals surface area (Å²) in [5.41, 5.74) is 1.92. The number of thioether (sulfide) groups is 2. The molecule has 1 aromatic rings. The topological polar surface area (TPSA) is 36.1 Å². The van der Waals surface area contributed by atoms with Gasteiger partial charge in [-0.05, 0) is 13.0 Å². The highest BCUT2D eigenvalue weighted by molar-refractivity contribution is 8.26. The lowest BCUT2D eigenvalue weighted by atomic mass is 9.83. The maximum Gasteiger partial charge on any atom is 0.113 e. The van der Waals surface area contributed by atoms with Crippen molar-refractivity contribution in [1.29, 1.82) is 5.26 Å². The fourth-order valence-corrected chi connectivity index (χ4v) is 5.92. The molecule has 2 nitrogen and oxygen atoms in total. The van der Waals surface area contributed by atoms with Crippen molar-refractivity contribution in [3.05, 3.63) is 29.8 Å². The Morgan fingerprint density at radius 3 is 2.55 bits per heavy atom. The van der Waals surface area contributed by atoms with Crippen LogP contribution < -0.4 is 0 Å². The average molecular weight is 302 g/mol. The highest BCUT2D eigenvalue weighted by atomic mass is 32.2. The number of hydrogen-bond donors (Lipinski definition) is 0. The van der Waals surface area contributed by atoms with Gasteiger partial charge in [0.2, 0.25) is 0 Å². The number of nitrogens with zero attached hydrogens (tertiary/aromatic N) is 2. The molecule has 0 amide bonds. The van der Waals surface area contributed by atoms with Gasteiger partial charge in [-0.2, -0.15) is 5.26 Å². The van der Waals surface area contributed by atoms with E-state index in [4.69, 9.17) is 4.99 Å². The van der Waals surface area contributed by atoms with Gasteiger partial charge in [-0.15, -0.1) is 11.8 Å². The van der Waals surface area contributed by atoms with Crippen molar-refractivity contribution in [2.24, 2.45) is 15.8 Å². The van der Waals surface area contributed by atoms with E-state index < -0.39 is 0 Å². The second-order valence-corrected chi connectivity index (χ2v) is 9.29. The van der Waals surface area contributed by atoms with Crippen LogP contribution in [-0.4, -0.2) is 10.8 Å². The van der Waals surface area contributed by atoms with Gasteiger partial charge in [-0.1, -0.05) is 50.7 Å². The molecule has 0 saturated carbocycles. The van der Waals surface area contributed by atoms with Crippen LogP contribution in [0, 0.1) is 22.2 Å². The maximum absolute atomic E-state index is 9.66. The van der Waals surface area contributed by atoms with Crippen molar-refractivity contribution in [2.45, 2.75) is 31.8 Å². The monoisotopic (exact) mass is 302 g/mol. The van der Waals surface area contributed by atoms with Gasteiger partial charge in [-0.25, -0.2) is 4.99 Å².